The summed E-state index contributed by atoms with van der Waals surface area (Å²) in [6.07, 6.45) is 5.91. The molecular weight excluding hydrogens is 200 g/mol. The van der Waals surface area contributed by atoms with Gasteiger partial charge in [0, 0.05) is 17.6 Å². The molecule has 0 aromatic heterocycles. The van der Waals surface area contributed by atoms with Crippen molar-refractivity contribution >= 4 is 0 Å². The van der Waals surface area contributed by atoms with Gasteiger partial charge in [-0.1, -0.05) is 13.8 Å². The molecule has 3 N–H and O–H groups in total. The van der Waals surface area contributed by atoms with E-state index < -0.39 is 11.1 Å². The highest BCUT2D eigenvalue weighted by Crippen LogP contribution is 2.45. The highest BCUT2D eigenvalue weighted by molar-refractivity contribution is 5.11. The lowest BCUT2D eigenvalue weighted by Gasteiger charge is -2.51. The summed E-state index contributed by atoms with van der Waals surface area (Å²) < 4.78 is 0. The third kappa shape index (κ3) is 1.60. The minimum atomic E-state index is -0.644. The van der Waals surface area contributed by atoms with E-state index in [1.807, 2.05) is 0 Å². The summed E-state index contributed by atoms with van der Waals surface area (Å²) in [4.78, 5) is 2.44. The normalized spacial score (nSPS) is 40.3. The van der Waals surface area contributed by atoms with Crippen molar-refractivity contribution in [1.29, 1.82) is 0 Å². The van der Waals surface area contributed by atoms with Crippen molar-refractivity contribution in [3.63, 3.8) is 0 Å². The first-order chi connectivity index (χ1) is 7.46. The predicted molar refractivity (Wildman–Crippen MR) is 66.3 cm³/mol. The average Bonchev–Trinajstić information content (AvgIpc) is 2.52. The summed E-state index contributed by atoms with van der Waals surface area (Å²) >= 11 is 0. The molecule has 0 saturated carbocycles. The molecule has 16 heavy (non-hydrogen) atoms. The van der Waals surface area contributed by atoms with Crippen LogP contribution in [-0.4, -0.2) is 40.3 Å². The molecule has 0 spiro atoms. The molecule has 2 fully saturated rings. The third-order valence-corrected chi connectivity index (χ3v) is 5.32. The second kappa shape index (κ2) is 3.97. The molecule has 2 bridgehead atoms. The molecule has 3 nitrogen and oxygen atoms in total. The van der Waals surface area contributed by atoms with Gasteiger partial charge in [-0.05, 0) is 45.6 Å². The maximum Gasteiger partial charge on any atom is 0.0855 e. The number of hydrogen-bond donors (Lipinski definition) is 2. The van der Waals surface area contributed by atoms with Crippen LogP contribution in [0.2, 0.25) is 0 Å². The summed E-state index contributed by atoms with van der Waals surface area (Å²) in [5, 5.41) is 10.9. The van der Waals surface area contributed by atoms with Gasteiger partial charge in [-0.15, -0.1) is 0 Å². The molecule has 2 aliphatic rings. The lowest BCUT2D eigenvalue weighted by atomic mass is 9.69. The maximum absolute atomic E-state index is 10.9. The van der Waals surface area contributed by atoms with Crippen molar-refractivity contribution in [3.05, 3.63) is 0 Å². The van der Waals surface area contributed by atoms with E-state index in [1.165, 1.54) is 12.8 Å². The Kier molecular flexibility index (Phi) is 3.06. The zero-order valence-electron chi connectivity index (χ0n) is 10.9. The molecule has 0 aromatic carbocycles. The number of nitrogens with zero attached hydrogens (tertiary/aromatic N) is 1. The van der Waals surface area contributed by atoms with Gasteiger partial charge in [-0.2, -0.15) is 0 Å². The van der Waals surface area contributed by atoms with Crippen molar-refractivity contribution in [3.8, 4) is 0 Å². The van der Waals surface area contributed by atoms with Crippen LogP contribution in [0.3, 0.4) is 0 Å². The van der Waals surface area contributed by atoms with Gasteiger partial charge in [0.05, 0.1) is 5.60 Å². The van der Waals surface area contributed by atoms with Crippen LogP contribution in [0.15, 0.2) is 0 Å². The number of fused-ring (bicyclic) bond motifs is 2. The zero-order valence-corrected chi connectivity index (χ0v) is 10.9. The fourth-order valence-electron chi connectivity index (χ4n) is 3.76. The highest BCUT2D eigenvalue weighted by Gasteiger charge is 2.53. The summed E-state index contributed by atoms with van der Waals surface area (Å²) in [5.41, 5.74) is 5.40. The fraction of sp³-hybridized carbons (Fsp3) is 1.00. The van der Waals surface area contributed by atoms with E-state index in [4.69, 9.17) is 5.73 Å². The number of rotatable bonds is 3. The summed E-state index contributed by atoms with van der Waals surface area (Å²) in [7, 11) is 2.19. The molecule has 3 heteroatoms. The molecule has 0 amide bonds. The minimum absolute atomic E-state index is 0.394. The molecule has 0 aliphatic carbocycles. The van der Waals surface area contributed by atoms with Crippen molar-refractivity contribution in [2.24, 2.45) is 5.73 Å². The van der Waals surface area contributed by atoms with E-state index >= 15 is 0 Å². The molecular formula is C13H26N2O. The molecule has 2 rings (SSSR count). The topological polar surface area (TPSA) is 49.5 Å². The number of aliphatic hydroxyl groups is 1. The number of nitrogens with two attached hydrogens (primary N) is 1. The van der Waals surface area contributed by atoms with E-state index in [-0.39, 0.29) is 0 Å². The van der Waals surface area contributed by atoms with Crippen molar-refractivity contribution in [2.45, 2.75) is 75.6 Å². The van der Waals surface area contributed by atoms with Gasteiger partial charge in [0.1, 0.15) is 0 Å². The van der Waals surface area contributed by atoms with Gasteiger partial charge >= 0.3 is 0 Å². The molecule has 2 unspecified atom stereocenters. The largest absolute Gasteiger partial charge is 0.388 e. The van der Waals surface area contributed by atoms with Crippen LogP contribution in [0.4, 0.5) is 0 Å². The van der Waals surface area contributed by atoms with E-state index in [0.29, 0.717) is 12.1 Å². The van der Waals surface area contributed by atoms with Crippen LogP contribution in [0, 0.1) is 0 Å². The molecule has 94 valence electrons. The summed E-state index contributed by atoms with van der Waals surface area (Å²) in [6, 6.07) is 1.09. The first-order valence-electron chi connectivity index (χ1n) is 6.69. The molecule has 2 atom stereocenters. The smallest absolute Gasteiger partial charge is 0.0855 e. The molecule has 0 aromatic rings. The maximum atomic E-state index is 10.9. The molecule has 2 aliphatic heterocycles. The average molecular weight is 226 g/mol. The first kappa shape index (κ1) is 12.3. The van der Waals surface area contributed by atoms with Crippen LogP contribution in [0.1, 0.15) is 52.4 Å². The summed E-state index contributed by atoms with van der Waals surface area (Å²) in [5.74, 6) is 0. The van der Waals surface area contributed by atoms with Gasteiger partial charge in [0.15, 0.2) is 0 Å². The monoisotopic (exact) mass is 226 g/mol. The zero-order chi connectivity index (χ0) is 12.0. The van der Waals surface area contributed by atoms with Gasteiger partial charge in [-0.25, -0.2) is 0 Å². The van der Waals surface area contributed by atoms with Crippen molar-refractivity contribution in [1.82, 2.24) is 4.90 Å². The third-order valence-electron chi connectivity index (χ3n) is 5.32. The quantitative estimate of drug-likeness (QED) is 0.766. The number of hydrogen-bond acceptors (Lipinski definition) is 3. The van der Waals surface area contributed by atoms with Gasteiger partial charge < -0.3 is 15.7 Å². The van der Waals surface area contributed by atoms with Gasteiger partial charge in [0.25, 0.3) is 0 Å². The Morgan fingerprint density at radius 1 is 1.25 bits per heavy atom. The van der Waals surface area contributed by atoms with Crippen molar-refractivity contribution in [2.75, 3.05) is 7.05 Å². The van der Waals surface area contributed by atoms with E-state index in [9.17, 15) is 5.11 Å². The SMILES string of the molecule is CCC(N)(CC)C1(O)CC2CCC(C1)N2C. The highest BCUT2D eigenvalue weighted by atomic mass is 16.3. The Bertz CT molecular complexity index is 249. The lowest BCUT2D eigenvalue weighted by molar-refractivity contribution is -0.101. The minimum Gasteiger partial charge on any atom is -0.388 e. The van der Waals surface area contributed by atoms with Crippen LogP contribution in [0.25, 0.3) is 0 Å². The fourth-order valence-corrected chi connectivity index (χ4v) is 3.76. The lowest BCUT2D eigenvalue weighted by Crippen LogP contribution is -2.65. The molecule has 0 radical (unpaired) electrons. The second-order valence-electron chi connectivity index (χ2n) is 5.85. The summed E-state index contributed by atoms with van der Waals surface area (Å²) in [6.45, 7) is 4.20. The van der Waals surface area contributed by atoms with Crippen LogP contribution in [-0.2, 0) is 0 Å². The van der Waals surface area contributed by atoms with Gasteiger partial charge in [-0.3, -0.25) is 0 Å². The Balaban J connectivity index is 2.21. The predicted octanol–water partition coefficient (Wildman–Crippen LogP) is 1.49. The Morgan fingerprint density at radius 2 is 1.69 bits per heavy atom. The van der Waals surface area contributed by atoms with Crippen LogP contribution in [0.5, 0.6) is 0 Å². The van der Waals surface area contributed by atoms with Crippen molar-refractivity contribution < 1.29 is 5.11 Å². The Labute approximate surface area is 99.0 Å². The van der Waals surface area contributed by atoms with Crippen LogP contribution < -0.4 is 5.73 Å². The second-order valence-corrected chi connectivity index (χ2v) is 5.85. The number of piperidine rings is 1. The van der Waals surface area contributed by atoms with E-state index in [1.54, 1.807) is 0 Å². The van der Waals surface area contributed by atoms with Crippen LogP contribution >= 0.6 is 0 Å². The van der Waals surface area contributed by atoms with E-state index in [2.05, 4.69) is 25.8 Å². The molecule has 2 saturated heterocycles. The van der Waals surface area contributed by atoms with Gasteiger partial charge in [0.2, 0.25) is 0 Å². The standard InChI is InChI=1S/C13H26N2O/c1-4-12(14,5-2)13(16)8-10-6-7-11(9-13)15(10)3/h10-11,16H,4-9,14H2,1-3H3. The molecule has 2 heterocycles. The Morgan fingerprint density at radius 3 is 2.06 bits per heavy atom. The first-order valence-corrected chi connectivity index (χ1v) is 6.69. The Hall–Kier alpha value is -0.120. The van der Waals surface area contributed by atoms with E-state index in [0.717, 1.165) is 25.7 Å².